The Labute approximate surface area is 78.0 Å². The number of carbonyl (C=O) groups excluding carboxylic acids is 1. The topological polar surface area (TPSA) is 30.0 Å². The molecule has 0 aromatic carbocycles. The molecule has 68 valence electrons. The number of carbonyl (C=O) groups is 1. The van der Waals surface area contributed by atoms with Crippen LogP contribution in [-0.4, -0.2) is 10.8 Å². The highest BCUT2D eigenvalue weighted by atomic mass is 16.1. The van der Waals surface area contributed by atoms with Gasteiger partial charge in [0, 0.05) is 12.1 Å². The molecule has 0 radical (unpaired) electrons. The molecule has 1 aliphatic carbocycles. The number of ketones is 1. The molecule has 1 aromatic rings. The van der Waals surface area contributed by atoms with Crippen molar-refractivity contribution >= 4 is 5.78 Å². The first-order valence-electron chi connectivity index (χ1n) is 4.72. The Balaban J connectivity index is 2.09. The summed E-state index contributed by atoms with van der Waals surface area (Å²) in [5, 5.41) is 0. The molecule has 0 atom stereocenters. The molecule has 0 unspecified atom stereocenters. The Bertz CT molecular complexity index is 329. The maximum absolute atomic E-state index is 11.6. The van der Waals surface area contributed by atoms with Gasteiger partial charge in [0.2, 0.25) is 0 Å². The molecule has 2 heteroatoms. The molecule has 0 aliphatic heterocycles. The first-order valence-corrected chi connectivity index (χ1v) is 4.72. The van der Waals surface area contributed by atoms with Gasteiger partial charge in [-0.3, -0.25) is 9.78 Å². The zero-order valence-electron chi connectivity index (χ0n) is 7.79. The van der Waals surface area contributed by atoms with Gasteiger partial charge in [0.25, 0.3) is 0 Å². The maximum Gasteiger partial charge on any atom is 0.181 e. The molecule has 2 nitrogen and oxygen atoms in total. The summed E-state index contributed by atoms with van der Waals surface area (Å²) in [6.07, 6.45) is 3.13. The van der Waals surface area contributed by atoms with E-state index in [0.29, 0.717) is 18.0 Å². The van der Waals surface area contributed by atoms with Gasteiger partial charge in [-0.05, 0) is 37.8 Å². The number of hydrogen-bond donors (Lipinski definition) is 0. The van der Waals surface area contributed by atoms with Crippen molar-refractivity contribution in [1.82, 2.24) is 4.98 Å². The maximum atomic E-state index is 11.6. The summed E-state index contributed by atoms with van der Waals surface area (Å²) in [6, 6.07) is 5.61. The minimum Gasteiger partial charge on any atom is -0.292 e. The van der Waals surface area contributed by atoms with E-state index < -0.39 is 0 Å². The van der Waals surface area contributed by atoms with Gasteiger partial charge in [-0.2, -0.15) is 0 Å². The molecular weight excluding hydrogens is 162 g/mol. The van der Waals surface area contributed by atoms with Gasteiger partial charge >= 0.3 is 0 Å². The number of pyridine rings is 1. The highest BCUT2D eigenvalue weighted by Crippen LogP contribution is 2.33. The van der Waals surface area contributed by atoms with E-state index in [1.807, 2.05) is 19.1 Å². The molecule has 0 saturated heterocycles. The average molecular weight is 175 g/mol. The number of Topliss-reactive ketones (excluding diaryl/α,β-unsaturated/α-hetero) is 1. The van der Waals surface area contributed by atoms with Gasteiger partial charge in [0.1, 0.15) is 5.69 Å². The molecule has 2 rings (SSSR count). The molecular formula is C11H13NO. The van der Waals surface area contributed by atoms with Crippen LogP contribution in [0.25, 0.3) is 0 Å². The standard InChI is InChI=1S/C11H13NO/c1-8-3-2-4-10(12-8)11(13)7-9-5-6-9/h2-4,9H,5-7H2,1H3. The lowest BCUT2D eigenvalue weighted by atomic mass is 10.1. The van der Waals surface area contributed by atoms with Crippen LogP contribution in [0.2, 0.25) is 0 Å². The predicted octanol–water partition coefficient (Wildman–Crippen LogP) is 2.37. The van der Waals surface area contributed by atoms with Crippen LogP contribution in [0.4, 0.5) is 0 Å². The molecule has 0 N–H and O–H groups in total. The van der Waals surface area contributed by atoms with Gasteiger partial charge in [-0.1, -0.05) is 6.07 Å². The Morgan fingerprint density at radius 2 is 2.31 bits per heavy atom. The fourth-order valence-electron chi connectivity index (χ4n) is 1.39. The highest BCUT2D eigenvalue weighted by Gasteiger charge is 2.25. The molecule has 1 saturated carbocycles. The van der Waals surface area contributed by atoms with Gasteiger partial charge < -0.3 is 0 Å². The Morgan fingerprint density at radius 3 is 2.92 bits per heavy atom. The quantitative estimate of drug-likeness (QED) is 0.660. The second-order valence-electron chi connectivity index (χ2n) is 3.73. The Hall–Kier alpha value is -1.18. The van der Waals surface area contributed by atoms with Crippen LogP contribution in [0.1, 0.15) is 35.4 Å². The second-order valence-corrected chi connectivity index (χ2v) is 3.73. The largest absolute Gasteiger partial charge is 0.292 e. The minimum absolute atomic E-state index is 0.200. The predicted molar refractivity (Wildman–Crippen MR) is 50.6 cm³/mol. The summed E-state index contributed by atoms with van der Waals surface area (Å²) in [4.78, 5) is 15.8. The van der Waals surface area contributed by atoms with Crippen molar-refractivity contribution in [1.29, 1.82) is 0 Å². The summed E-state index contributed by atoms with van der Waals surface area (Å²) in [6.45, 7) is 1.91. The van der Waals surface area contributed by atoms with Gasteiger partial charge in [-0.25, -0.2) is 0 Å². The molecule has 0 amide bonds. The summed E-state index contributed by atoms with van der Waals surface area (Å²) >= 11 is 0. The molecule has 0 spiro atoms. The van der Waals surface area contributed by atoms with E-state index in [9.17, 15) is 4.79 Å². The van der Waals surface area contributed by atoms with Crippen LogP contribution in [0.5, 0.6) is 0 Å². The smallest absolute Gasteiger partial charge is 0.181 e. The van der Waals surface area contributed by atoms with Crippen molar-refractivity contribution in [3.63, 3.8) is 0 Å². The molecule has 1 heterocycles. The molecule has 1 aromatic heterocycles. The monoisotopic (exact) mass is 175 g/mol. The van der Waals surface area contributed by atoms with E-state index in [2.05, 4.69) is 4.98 Å². The van der Waals surface area contributed by atoms with Crippen molar-refractivity contribution in [2.45, 2.75) is 26.2 Å². The minimum atomic E-state index is 0.200. The zero-order chi connectivity index (χ0) is 9.26. The van der Waals surface area contributed by atoms with Crippen LogP contribution in [-0.2, 0) is 0 Å². The van der Waals surface area contributed by atoms with E-state index >= 15 is 0 Å². The summed E-state index contributed by atoms with van der Waals surface area (Å²) in [7, 11) is 0. The number of nitrogens with zero attached hydrogens (tertiary/aromatic N) is 1. The van der Waals surface area contributed by atoms with E-state index in [-0.39, 0.29) is 5.78 Å². The molecule has 13 heavy (non-hydrogen) atoms. The third-order valence-corrected chi connectivity index (χ3v) is 2.35. The van der Waals surface area contributed by atoms with Crippen molar-refractivity contribution in [3.8, 4) is 0 Å². The van der Waals surface area contributed by atoms with E-state index in [1.165, 1.54) is 12.8 Å². The number of rotatable bonds is 3. The first kappa shape index (κ1) is 8.42. The lowest BCUT2D eigenvalue weighted by Crippen LogP contribution is -2.03. The summed E-state index contributed by atoms with van der Waals surface area (Å²) in [5.41, 5.74) is 1.55. The van der Waals surface area contributed by atoms with Gasteiger partial charge in [0.05, 0.1) is 0 Å². The van der Waals surface area contributed by atoms with Crippen molar-refractivity contribution in [2.75, 3.05) is 0 Å². The van der Waals surface area contributed by atoms with Crippen molar-refractivity contribution < 1.29 is 4.79 Å². The van der Waals surface area contributed by atoms with Crippen LogP contribution >= 0.6 is 0 Å². The van der Waals surface area contributed by atoms with Crippen LogP contribution in [0, 0.1) is 12.8 Å². The summed E-state index contributed by atoms with van der Waals surface area (Å²) in [5.74, 6) is 0.848. The third kappa shape index (κ3) is 2.14. The second kappa shape index (κ2) is 3.29. The fourth-order valence-corrected chi connectivity index (χ4v) is 1.39. The van der Waals surface area contributed by atoms with E-state index in [0.717, 1.165) is 5.69 Å². The lowest BCUT2D eigenvalue weighted by Gasteiger charge is -1.99. The average Bonchev–Trinajstić information content (AvgIpc) is 2.88. The first-order chi connectivity index (χ1) is 6.25. The summed E-state index contributed by atoms with van der Waals surface area (Å²) < 4.78 is 0. The Morgan fingerprint density at radius 1 is 1.54 bits per heavy atom. The lowest BCUT2D eigenvalue weighted by molar-refractivity contribution is 0.0971. The number of aryl methyl sites for hydroxylation is 1. The van der Waals surface area contributed by atoms with Crippen LogP contribution in [0.3, 0.4) is 0 Å². The van der Waals surface area contributed by atoms with Crippen LogP contribution < -0.4 is 0 Å². The van der Waals surface area contributed by atoms with Gasteiger partial charge in [0.15, 0.2) is 5.78 Å². The SMILES string of the molecule is Cc1cccc(C(=O)CC2CC2)n1. The Kier molecular flexibility index (Phi) is 2.13. The van der Waals surface area contributed by atoms with E-state index in [1.54, 1.807) is 6.07 Å². The zero-order valence-corrected chi connectivity index (χ0v) is 7.79. The van der Waals surface area contributed by atoms with Crippen molar-refractivity contribution in [2.24, 2.45) is 5.92 Å². The molecule has 1 fully saturated rings. The molecule has 0 bridgehead atoms. The number of hydrogen-bond acceptors (Lipinski definition) is 2. The number of aromatic nitrogens is 1. The highest BCUT2D eigenvalue weighted by molar-refractivity contribution is 5.94. The third-order valence-electron chi connectivity index (χ3n) is 2.35. The molecule has 1 aliphatic rings. The van der Waals surface area contributed by atoms with Crippen LogP contribution in [0.15, 0.2) is 18.2 Å². The van der Waals surface area contributed by atoms with Gasteiger partial charge in [-0.15, -0.1) is 0 Å². The van der Waals surface area contributed by atoms with E-state index in [4.69, 9.17) is 0 Å². The normalized spacial score (nSPS) is 15.8. The van der Waals surface area contributed by atoms with Crippen molar-refractivity contribution in [3.05, 3.63) is 29.6 Å². The fraction of sp³-hybridized carbons (Fsp3) is 0.455.